The monoisotopic (exact) mass is 255 g/mol. The third-order valence-electron chi connectivity index (χ3n) is 3.17. The number of rotatable bonds is 4. The smallest absolute Gasteiger partial charge is 0.150 e. The molecule has 1 aromatic rings. The van der Waals surface area contributed by atoms with E-state index in [0.29, 0.717) is 28.7 Å². The molecule has 2 rings (SSSR count). The average molecular weight is 256 g/mol. The van der Waals surface area contributed by atoms with Gasteiger partial charge in [-0.3, -0.25) is 0 Å². The van der Waals surface area contributed by atoms with Crippen molar-refractivity contribution in [2.75, 3.05) is 24.2 Å². The summed E-state index contributed by atoms with van der Waals surface area (Å²) in [5.41, 5.74) is 6.45. The Labute approximate surface area is 107 Å². The lowest BCUT2D eigenvalue weighted by Gasteiger charge is -2.18. The van der Waals surface area contributed by atoms with Crippen LogP contribution in [0.1, 0.15) is 19.8 Å². The summed E-state index contributed by atoms with van der Waals surface area (Å²) >= 11 is 5.84. The van der Waals surface area contributed by atoms with Gasteiger partial charge in [0.05, 0.1) is 11.8 Å². The Kier molecular flexibility index (Phi) is 4.07. The maximum Gasteiger partial charge on any atom is 0.150 e. The molecular weight excluding hydrogens is 238 g/mol. The summed E-state index contributed by atoms with van der Waals surface area (Å²) < 4.78 is 5.64. The van der Waals surface area contributed by atoms with Gasteiger partial charge in [0, 0.05) is 19.1 Å². The van der Waals surface area contributed by atoms with Gasteiger partial charge in [0.15, 0.2) is 5.82 Å². The first-order valence-electron chi connectivity index (χ1n) is 5.98. The first-order valence-corrected chi connectivity index (χ1v) is 6.36. The standard InChI is InChI=1S/C12H18ClN3O/c1-2-10-8(5-6-17-10)7-15-12-9(14)3-4-11(13)16-12/h3-4,8,10H,2,5-7,14H2,1H3,(H,15,16). The number of ether oxygens (including phenoxy) is 1. The molecule has 0 amide bonds. The van der Waals surface area contributed by atoms with E-state index in [1.807, 2.05) is 0 Å². The highest BCUT2D eigenvalue weighted by Gasteiger charge is 2.26. The van der Waals surface area contributed by atoms with E-state index in [-0.39, 0.29) is 0 Å². The Morgan fingerprint density at radius 1 is 1.59 bits per heavy atom. The van der Waals surface area contributed by atoms with E-state index >= 15 is 0 Å². The quantitative estimate of drug-likeness (QED) is 0.812. The Balaban J connectivity index is 1.95. The minimum atomic E-state index is 0.350. The van der Waals surface area contributed by atoms with Crippen molar-refractivity contribution in [3.8, 4) is 0 Å². The molecule has 2 unspecified atom stereocenters. The number of anilines is 2. The van der Waals surface area contributed by atoms with E-state index in [9.17, 15) is 0 Å². The van der Waals surface area contributed by atoms with Gasteiger partial charge >= 0.3 is 0 Å². The maximum absolute atomic E-state index is 5.84. The van der Waals surface area contributed by atoms with Gasteiger partial charge in [-0.2, -0.15) is 0 Å². The lowest BCUT2D eigenvalue weighted by atomic mass is 10.00. The van der Waals surface area contributed by atoms with Crippen LogP contribution in [0, 0.1) is 5.92 Å². The van der Waals surface area contributed by atoms with E-state index < -0.39 is 0 Å². The molecule has 4 nitrogen and oxygen atoms in total. The molecule has 0 aliphatic carbocycles. The molecule has 94 valence electrons. The number of hydrogen-bond donors (Lipinski definition) is 2. The van der Waals surface area contributed by atoms with Crippen molar-refractivity contribution < 1.29 is 4.74 Å². The molecule has 0 saturated carbocycles. The van der Waals surface area contributed by atoms with Crippen molar-refractivity contribution >= 4 is 23.1 Å². The third kappa shape index (κ3) is 3.01. The number of nitrogens with zero attached hydrogens (tertiary/aromatic N) is 1. The first kappa shape index (κ1) is 12.5. The summed E-state index contributed by atoms with van der Waals surface area (Å²) in [5.74, 6) is 1.19. The van der Waals surface area contributed by atoms with Crippen LogP contribution in [0.5, 0.6) is 0 Å². The van der Waals surface area contributed by atoms with Gasteiger partial charge in [-0.15, -0.1) is 0 Å². The van der Waals surface area contributed by atoms with Crippen LogP contribution >= 0.6 is 11.6 Å². The fourth-order valence-electron chi connectivity index (χ4n) is 2.19. The van der Waals surface area contributed by atoms with Gasteiger partial charge in [0.2, 0.25) is 0 Å². The molecule has 3 N–H and O–H groups in total. The van der Waals surface area contributed by atoms with Crippen LogP contribution in [-0.4, -0.2) is 24.2 Å². The molecule has 5 heteroatoms. The number of hydrogen-bond acceptors (Lipinski definition) is 4. The van der Waals surface area contributed by atoms with Crippen molar-refractivity contribution in [3.63, 3.8) is 0 Å². The summed E-state index contributed by atoms with van der Waals surface area (Å²) in [4.78, 5) is 4.17. The van der Waals surface area contributed by atoms with Gasteiger partial charge in [0.25, 0.3) is 0 Å². The fraction of sp³-hybridized carbons (Fsp3) is 0.583. The molecule has 0 aromatic carbocycles. The number of nitrogens with two attached hydrogens (primary N) is 1. The topological polar surface area (TPSA) is 60.2 Å². The van der Waals surface area contributed by atoms with Crippen LogP contribution in [0.25, 0.3) is 0 Å². The molecule has 1 saturated heterocycles. The minimum absolute atomic E-state index is 0.350. The Bertz CT molecular complexity index is 386. The molecule has 0 radical (unpaired) electrons. The predicted molar refractivity (Wildman–Crippen MR) is 70.3 cm³/mol. The number of nitrogen functional groups attached to an aromatic ring is 1. The first-order chi connectivity index (χ1) is 8.20. The van der Waals surface area contributed by atoms with Crippen LogP contribution in [0.15, 0.2) is 12.1 Å². The number of nitrogens with one attached hydrogen (secondary N) is 1. The average Bonchev–Trinajstić information content (AvgIpc) is 2.77. The third-order valence-corrected chi connectivity index (χ3v) is 3.38. The van der Waals surface area contributed by atoms with Crippen LogP contribution < -0.4 is 11.1 Å². The fourth-order valence-corrected chi connectivity index (χ4v) is 2.34. The van der Waals surface area contributed by atoms with Gasteiger partial charge in [-0.05, 0) is 25.0 Å². The molecular formula is C12H18ClN3O. The molecule has 1 aliphatic heterocycles. The van der Waals surface area contributed by atoms with Crippen molar-refractivity contribution in [2.24, 2.45) is 5.92 Å². The number of halogens is 1. The normalized spacial score (nSPS) is 23.9. The van der Waals surface area contributed by atoms with E-state index in [1.54, 1.807) is 12.1 Å². The molecule has 1 aromatic heterocycles. The lowest BCUT2D eigenvalue weighted by molar-refractivity contribution is 0.0900. The Morgan fingerprint density at radius 2 is 2.41 bits per heavy atom. The number of aromatic nitrogens is 1. The SMILES string of the molecule is CCC1OCCC1CNc1nc(Cl)ccc1N. The zero-order valence-corrected chi connectivity index (χ0v) is 10.7. The summed E-state index contributed by atoms with van der Waals surface area (Å²) in [5, 5.41) is 3.71. The van der Waals surface area contributed by atoms with Crippen molar-refractivity contribution in [3.05, 3.63) is 17.3 Å². The summed E-state index contributed by atoms with van der Waals surface area (Å²) in [6.07, 6.45) is 2.49. The van der Waals surface area contributed by atoms with Gasteiger partial charge in [-0.25, -0.2) is 4.98 Å². The summed E-state index contributed by atoms with van der Waals surface area (Å²) in [6.45, 7) is 3.83. The molecule has 0 bridgehead atoms. The largest absolute Gasteiger partial charge is 0.396 e. The van der Waals surface area contributed by atoms with E-state index in [1.165, 1.54) is 0 Å². The summed E-state index contributed by atoms with van der Waals surface area (Å²) in [7, 11) is 0. The van der Waals surface area contributed by atoms with Gasteiger partial charge in [-0.1, -0.05) is 18.5 Å². The Hall–Kier alpha value is -1.00. The van der Waals surface area contributed by atoms with Crippen LogP contribution in [-0.2, 0) is 4.74 Å². The lowest BCUT2D eigenvalue weighted by Crippen LogP contribution is -2.23. The molecule has 17 heavy (non-hydrogen) atoms. The maximum atomic E-state index is 5.84. The second-order valence-corrected chi connectivity index (χ2v) is 4.71. The molecule has 2 heterocycles. The Morgan fingerprint density at radius 3 is 3.18 bits per heavy atom. The second kappa shape index (κ2) is 5.56. The predicted octanol–water partition coefficient (Wildman–Crippen LogP) is 2.54. The van der Waals surface area contributed by atoms with Crippen molar-refractivity contribution in [1.29, 1.82) is 0 Å². The zero-order valence-electron chi connectivity index (χ0n) is 9.95. The molecule has 0 spiro atoms. The van der Waals surface area contributed by atoms with E-state index in [2.05, 4.69) is 17.2 Å². The highest BCUT2D eigenvalue weighted by molar-refractivity contribution is 6.29. The van der Waals surface area contributed by atoms with Crippen LogP contribution in [0.3, 0.4) is 0 Å². The number of pyridine rings is 1. The minimum Gasteiger partial charge on any atom is -0.396 e. The van der Waals surface area contributed by atoms with Gasteiger partial charge < -0.3 is 15.8 Å². The summed E-state index contributed by atoms with van der Waals surface area (Å²) in [6, 6.07) is 3.45. The van der Waals surface area contributed by atoms with Crippen molar-refractivity contribution in [1.82, 2.24) is 4.98 Å². The highest BCUT2D eigenvalue weighted by atomic mass is 35.5. The molecule has 1 aliphatic rings. The van der Waals surface area contributed by atoms with Crippen molar-refractivity contribution in [2.45, 2.75) is 25.9 Å². The van der Waals surface area contributed by atoms with E-state index in [4.69, 9.17) is 22.1 Å². The van der Waals surface area contributed by atoms with Gasteiger partial charge in [0.1, 0.15) is 5.15 Å². The second-order valence-electron chi connectivity index (χ2n) is 4.32. The van der Waals surface area contributed by atoms with E-state index in [0.717, 1.165) is 26.0 Å². The molecule has 2 atom stereocenters. The van der Waals surface area contributed by atoms with Crippen LogP contribution in [0.4, 0.5) is 11.5 Å². The zero-order chi connectivity index (χ0) is 12.3. The highest BCUT2D eigenvalue weighted by Crippen LogP contribution is 2.25. The van der Waals surface area contributed by atoms with Crippen LogP contribution in [0.2, 0.25) is 5.15 Å². The molecule has 1 fully saturated rings.